The van der Waals surface area contributed by atoms with Gasteiger partial charge in [0.15, 0.2) is 5.78 Å². The van der Waals surface area contributed by atoms with Crippen LogP contribution in [0.4, 0.5) is 0 Å². The molecule has 0 aliphatic heterocycles. The maximum atomic E-state index is 13.1. The second kappa shape index (κ2) is 6.85. The number of benzene rings is 2. The van der Waals surface area contributed by atoms with Crippen molar-refractivity contribution in [2.24, 2.45) is 0 Å². The second-order valence-corrected chi connectivity index (χ2v) is 6.18. The monoisotopic (exact) mass is 335 g/mol. The molecule has 0 spiro atoms. The zero-order valence-electron chi connectivity index (χ0n) is 14.9. The molecule has 1 heterocycles. The minimum absolute atomic E-state index is 0.0644. The highest BCUT2D eigenvalue weighted by molar-refractivity contribution is 6.18. The summed E-state index contributed by atoms with van der Waals surface area (Å²) in [6.45, 7) is 2.00. The van der Waals surface area contributed by atoms with E-state index in [4.69, 9.17) is 9.15 Å². The van der Waals surface area contributed by atoms with Gasteiger partial charge in [-0.3, -0.25) is 4.79 Å². The van der Waals surface area contributed by atoms with Crippen molar-refractivity contribution < 1.29 is 13.9 Å². The average Bonchev–Trinajstić information content (AvgIpc) is 2.97. The number of nitrogens with zero attached hydrogens (tertiary/aromatic N) is 1. The summed E-state index contributed by atoms with van der Waals surface area (Å²) >= 11 is 0. The average molecular weight is 335 g/mol. The molecule has 3 rings (SSSR count). The number of hydrogen-bond donors (Lipinski definition) is 0. The van der Waals surface area contributed by atoms with Crippen LogP contribution >= 0.6 is 0 Å². The largest absolute Gasteiger partial charge is 0.497 e. The Morgan fingerprint density at radius 2 is 1.84 bits per heavy atom. The molecule has 0 aliphatic rings. The zero-order valence-corrected chi connectivity index (χ0v) is 14.9. The number of ether oxygens (including phenoxy) is 1. The smallest absolute Gasteiger partial charge is 0.197 e. The van der Waals surface area contributed by atoms with E-state index in [1.54, 1.807) is 7.11 Å². The molecule has 1 aromatic heterocycles. The molecule has 0 bridgehead atoms. The van der Waals surface area contributed by atoms with Gasteiger partial charge in [-0.25, -0.2) is 0 Å². The first-order valence-corrected chi connectivity index (χ1v) is 8.06. The van der Waals surface area contributed by atoms with Crippen molar-refractivity contribution in [2.45, 2.75) is 6.92 Å². The zero-order chi connectivity index (χ0) is 18.0. The van der Waals surface area contributed by atoms with Crippen molar-refractivity contribution in [1.82, 2.24) is 4.90 Å². The van der Waals surface area contributed by atoms with Gasteiger partial charge in [-0.1, -0.05) is 29.8 Å². The van der Waals surface area contributed by atoms with Crippen LogP contribution in [0.2, 0.25) is 0 Å². The molecule has 0 fully saturated rings. The van der Waals surface area contributed by atoms with E-state index in [0.29, 0.717) is 28.2 Å². The summed E-state index contributed by atoms with van der Waals surface area (Å²) in [5.41, 5.74) is 2.96. The number of fused-ring (bicyclic) bond motifs is 1. The summed E-state index contributed by atoms with van der Waals surface area (Å²) in [5, 5.41) is 0.753. The van der Waals surface area contributed by atoms with Crippen molar-refractivity contribution in [3.8, 4) is 5.75 Å². The van der Waals surface area contributed by atoms with Crippen LogP contribution in [0, 0.1) is 6.92 Å². The number of methoxy groups -OCH3 is 1. The summed E-state index contributed by atoms with van der Waals surface area (Å²) in [5.74, 6) is 1.17. The number of ketones is 1. The van der Waals surface area contributed by atoms with Crippen LogP contribution in [-0.4, -0.2) is 31.9 Å². The third kappa shape index (κ3) is 3.43. The Morgan fingerprint density at radius 1 is 1.12 bits per heavy atom. The van der Waals surface area contributed by atoms with Crippen molar-refractivity contribution in [3.63, 3.8) is 0 Å². The lowest BCUT2D eigenvalue weighted by Crippen LogP contribution is -2.03. The lowest BCUT2D eigenvalue weighted by atomic mass is 9.99. The van der Waals surface area contributed by atoms with Gasteiger partial charge in [0, 0.05) is 31.2 Å². The quantitative estimate of drug-likeness (QED) is 0.643. The second-order valence-electron chi connectivity index (χ2n) is 6.18. The molecule has 3 aromatic rings. The van der Waals surface area contributed by atoms with E-state index >= 15 is 0 Å². The lowest BCUT2D eigenvalue weighted by Gasteiger charge is -2.04. The highest BCUT2D eigenvalue weighted by atomic mass is 16.5. The summed E-state index contributed by atoms with van der Waals surface area (Å²) < 4.78 is 11.2. The molecular weight excluding hydrogens is 314 g/mol. The number of furan rings is 1. The van der Waals surface area contributed by atoms with Gasteiger partial charge in [0.05, 0.1) is 12.7 Å². The molecule has 2 aromatic carbocycles. The number of hydrogen-bond acceptors (Lipinski definition) is 4. The molecular formula is C21H21NO3. The normalized spacial score (nSPS) is 11.2. The van der Waals surface area contributed by atoms with Gasteiger partial charge in [-0.2, -0.15) is 0 Å². The van der Waals surface area contributed by atoms with E-state index in [0.717, 1.165) is 10.9 Å². The first-order valence-electron chi connectivity index (χ1n) is 8.06. The molecule has 0 unspecified atom stereocenters. The fraction of sp³-hybridized carbons (Fsp3) is 0.190. The standard InChI is InChI=1S/C21H21NO3/c1-14-5-7-15(8-6-14)21(23)20-17-13-16(24-4)9-10-18(17)25-19(20)11-12-22(2)3/h5-13H,1-4H3/b12-11+. The Labute approximate surface area is 147 Å². The van der Waals surface area contributed by atoms with E-state index in [-0.39, 0.29) is 5.78 Å². The van der Waals surface area contributed by atoms with Gasteiger partial charge in [0.1, 0.15) is 17.1 Å². The van der Waals surface area contributed by atoms with Crippen molar-refractivity contribution in [3.05, 3.63) is 71.1 Å². The number of carbonyl (C=O) groups is 1. The lowest BCUT2D eigenvalue weighted by molar-refractivity contribution is 0.103. The van der Waals surface area contributed by atoms with Gasteiger partial charge >= 0.3 is 0 Å². The third-order valence-corrected chi connectivity index (χ3v) is 3.99. The molecule has 0 saturated heterocycles. The van der Waals surface area contributed by atoms with Crippen LogP contribution in [0.3, 0.4) is 0 Å². The van der Waals surface area contributed by atoms with Gasteiger partial charge < -0.3 is 14.1 Å². The molecule has 0 aliphatic carbocycles. The summed E-state index contributed by atoms with van der Waals surface area (Å²) in [6, 6.07) is 13.1. The molecule has 0 amide bonds. The van der Waals surface area contributed by atoms with Crippen molar-refractivity contribution >= 4 is 22.8 Å². The van der Waals surface area contributed by atoms with Crippen LogP contribution in [-0.2, 0) is 0 Å². The molecule has 0 radical (unpaired) electrons. The Hall–Kier alpha value is -3.01. The Balaban J connectivity index is 2.19. The predicted octanol–water partition coefficient (Wildman–Crippen LogP) is 4.51. The first kappa shape index (κ1) is 16.8. The predicted molar refractivity (Wildman–Crippen MR) is 100 cm³/mol. The maximum absolute atomic E-state index is 13.1. The first-order chi connectivity index (χ1) is 12.0. The molecule has 25 heavy (non-hydrogen) atoms. The number of carbonyl (C=O) groups excluding carboxylic acids is 1. The Morgan fingerprint density at radius 3 is 2.48 bits per heavy atom. The van der Waals surface area contributed by atoms with E-state index in [1.807, 2.05) is 80.7 Å². The highest BCUT2D eigenvalue weighted by Gasteiger charge is 2.21. The van der Waals surface area contributed by atoms with E-state index < -0.39 is 0 Å². The topological polar surface area (TPSA) is 42.7 Å². The van der Waals surface area contributed by atoms with Crippen molar-refractivity contribution in [2.75, 3.05) is 21.2 Å². The van der Waals surface area contributed by atoms with Gasteiger partial charge in [0.2, 0.25) is 0 Å². The van der Waals surface area contributed by atoms with E-state index in [2.05, 4.69) is 0 Å². The molecule has 128 valence electrons. The molecule has 4 nitrogen and oxygen atoms in total. The Kier molecular flexibility index (Phi) is 4.61. The van der Waals surface area contributed by atoms with Crippen LogP contribution in [0.5, 0.6) is 5.75 Å². The van der Waals surface area contributed by atoms with Crippen LogP contribution in [0.1, 0.15) is 27.2 Å². The fourth-order valence-electron chi connectivity index (χ4n) is 2.64. The SMILES string of the molecule is COc1ccc2oc(/C=C/N(C)C)c(C(=O)c3ccc(C)cc3)c2c1. The number of aryl methyl sites for hydroxylation is 1. The molecule has 0 N–H and O–H groups in total. The summed E-state index contributed by atoms with van der Waals surface area (Å²) in [7, 11) is 5.45. The van der Waals surface area contributed by atoms with Crippen molar-refractivity contribution in [1.29, 1.82) is 0 Å². The van der Waals surface area contributed by atoms with E-state index in [1.165, 1.54) is 0 Å². The Bertz CT molecular complexity index is 934. The molecule has 0 atom stereocenters. The van der Waals surface area contributed by atoms with Gasteiger partial charge in [-0.15, -0.1) is 0 Å². The minimum Gasteiger partial charge on any atom is -0.497 e. The van der Waals surface area contributed by atoms with Crippen LogP contribution < -0.4 is 4.74 Å². The van der Waals surface area contributed by atoms with Gasteiger partial charge in [0.25, 0.3) is 0 Å². The van der Waals surface area contributed by atoms with Crippen LogP contribution in [0.15, 0.2) is 53.1 Å². The minimum atomic E-state index is -0.0644. The summed E-state index contributed by atoms with van der Waals surface area (Å²) in [4.78, 5) is 15.0. The van der Waals surface area contributed by atoms with Gasteiger partial charge in [-0.05, 0) is 31.2 Å². The highest BCUT2D eigenvalue weighted by Crippen LogP contribution is 2.32. The molecule has 4 heteroatoms. The molecule has 0 saturated carbocycles. The number of rotatable bonds is 5. The third-order valence-electron chi connectivity index (χ3n) is 3.99. The fourth-order valence-corrected chi connectivity index (χ4v) is 2.64. The summed E-state index contributed by atoms with van der Waals surface area (Å²) in [6.07, 6.45) is 3.68. The maximum Gasteiger partial charge on any atom is 0.197 e. The van der Waals surface area contributed by atoms with Crippen LogP contribution in [0.25, 0.3) is 17.0 Å². The van der Waals surface area contributed by atoms with E-state index in [9.17, 15) is 4.79 Å².